The molecule has 1 aromatic heterocycles. The molecule has 0 amide bonds. The van der Waals surface area contributed by atoms with E-state index in [2.05, 4.69) is 9.97 Å². The number of hydrogen-bond acceptors (Lipinski definition) is 4. The van der Waals surface area contributed by atoms with Crippen LogP contribution in [0.2, 0.25) is 0 Å². The first kappa shape index (κ1) is 9.44. The van der Waals surface area contributed by atoms with Crippen molar-refractivity contribution >= 4 is 11.8 Å². The van der Waals surface area contributed by atoms with E-state index in [1.807, 2.05) is 13.8 Å². The molecule has 0 fully saturated rings. The Labute approximate surface area is 75.6 Å². The Kier molecular flexibility index (Phi) is 2.46. The molecule has 0 saturated carbocycles. The summed E-state index contributed by atoms with van der Waals surface area (Å²) in [6.45, 7) is 3.83. The quantitative estimate of drug-likeness (QED) is 0.706. The van der Waals surface area contributed by atoms with Crippen LogP contribution in [0.15, 0.2) is 6.20 Å². The summed E-state index contributed by atoms with van der Waals surface area (Å²) in [5.74, 6) is -0.778. The molecular weight excluding hydrogens is 170 g/mol. The van der Waals surface area contributed by atoms with Gasteiger partial charge < -0.3 is 10.8 Å². The fourth-order valence-corrected chi connectivity index (χ4v) is 0.961. The van der Waals surface area contributed by atoms with Gasteiger partial charge in [-0.25, -0.2) is 9.78 Å². The third-order valence-corrected chi connectivity index (χ3v) is 1.60. The highest BCUT2D eigenvalue weighted by Crippen LogP contribution is 2.16. The first-order chi connectivity index (χ1) is 6.02. The molecule has 1 heterocycles. The zero-order valence-electron chi connectivity index (χ0n) is 7.48. The van der Waals surface area contributed by atoms with Crippen molar-refractivity contribution in [2.45, 2.75) is 19.8 Å². The zero-order chi connectivity index (χ0) is 10.0. The molecule has 0 bridgehead atoms. The summed E-state index contributed by atoms with van der Waals surface area (Å²) < 4.78 is 0. The zero-order valence-corrected chi connectivity index (χ0v) is 7.48. The van der Waals surface area contributed by atoms with Crippen molar-refractivity contribution in [3.05, 3.63) is 17.6 Å². The molecule has 0 saturated heterocycles. The van der Waals surface area contributed by atoms with Crippen LogP contribution < -0.4 is 5.73 Å². The molecule has 5 nitrogen and oxygen atoms in total. The molecule has 0 unspecified atom stereocenters. The molecule has 5 heteroatoms. The van der Waals surface area contributed by atoms with Crippen LogP contribution in [0.1, 0.15) is 35.9 Å². The van der Waals surface area contributed by atoms with Gasteiger partial charge in [-0.1, -0.05) is 13.8 Å². The fourth-order valence-electron chi connectivity index (χ4n) is 0.961. The Morgan fingerprint density at radius 2 is 2.23 bits per heavy atom. The van der Waals surface area contributed by atoms with Crippen LogP contribution >= 0.6 is 0 Å². The second-order valence-corrected chi connectivity index (χ2v) is 2.99. The van der Waals surface area contributed by atoms with Gasteiger partial charge in [0.15, 0.2) is 5.69 Å². The summed E-state index contributed by atoms with van der Waals surface area (Å²) in [5.41, 5.74) is 6.03. The van der Waals surface area contributed by atoms with E-state index in [-0.39, 0.29) is 17.4 Å². The summed E-state index contributed by atoms with van der Waals surface area (Å²) in [6, 6.07) is 0. The number of aromatic nitrogens is 2. The Hall–Kier alpha value is -1.65. The lowest BCUT2D eigenvalue weighted by Gasteiger charge is -2.06. The molecule has 0 aliphatic carbocycles. The first-order valence-corrected chi connectivity index (χ1v) is 3.88. The van der Waals surface area contributed by atoms with Gasteiger partial charge in [-0.05, 0) is 5.92 Å². The summed E-state index contributed by atoms with van der Waals surface area (Å²) in [4.78, 5) is 18.1. The highest BCUT2D eigenvalue weighted by molar-refractivity contribution is 5.85. The number of hydrogen-bond donors (Lipinski definition) is 2. The van der Waals surface area contributed by atoms with Gasteiger partial charge >= 0.3 is 5.97 Å². The van der Waals surface area contributed by atoms with Gasteiger partial charge in [-0.2, -0.15) is 0 Å². The van der Waals surface area contributed by atoms with E-state index in [0.717, 1.165) is 0 Å². The average molecular weight is 181 g/mol. The minimum absolute atomic E-state index is 0.123. The maximum absolute atomic E-state index is 10.5. The second-order valence-electron chi connectivity index (χ2n) is 2.99. The SMILES string of the molecule is CC(C)c1ncc(C(=O)O)nc1N. The normalized spacial score (nSPS) is 10.4. The van der Waals surface area contributed by atoms with E-state index in [1.165, 1.54) is 6.20 Å². The minimum atomic E-state index is -1.12. The number of carbonyl (C=O) groups is 1. The molecule has 1 aromatic rings. The molecule has 0 aliphatic rings. The summed E-state index contributed by atoms with van der Waals surface area (Å²) >= 11 is 0. The lowest BCUT2D eigenvalue weighted by molar-refractivity contribution is 0.0690. The van der Waals surface area contributed by atoms with E-state index in [0.29, 0.717) is 5.69 Å². The van der Waals surface area contributed by atoms with Crippen LogP contribution in [0, 0.1) is 0 Å². The molecule has 0 spiro atoms. The number of nitrogen functional groups attached to an aromatic ring is 1. The third kappa shape index (κ3) is 1.93. The first-order valence-electron chi connectivity index (χ1n) is 3.88. The molecule has 3 N–H and O–H groups in total. The molecule has 1 rings (SSSR count). The van der Waals surface area contributed by atoms with E-state index in [1.54, 1.807) is 0 Å². The van der Waals surface area contributed by atoms with Crippen LogP contribution in [0.25, 0.3) is 0 Å². The van der Waals surface area contributed by atoms with Crippen LogP contribution in [0.5, 0.6) is 0 Å². The maximum Gasteiger partial charge on any atom is 0.356 e. The highest BCUT2D eigenvalue weighted by atomic mass is 16.4. The van der Waals surface area contributed by atoms with Crippen LogP contribution in [0.3, 0.4) is 0 Å². The van der Waals surface area contributed by atoms with E-state index in [4.69, 9.17) is 10.8 Å². The van der Waals surface area contributed by atoms with Gasteiger partial charge in [0, 0.05) is 0 Å². The Balaban J connectivity index is 3.13. The van der Waals surface area contributed by atoms with Gasteiger partial charge in [0.2, 0.25) is 0 Å². The van der Waals surface area contributed by atoms with Gasteiger partial charge in [0.1, 0.15) is 5.82 Å². The van der Waals surface area contributed by atoms with Crippen molar-refractivity contribution in [3.8, 4) is 0 Å². The van der Waals surface area contributed by atoms with Gasteiger partial charge in [-0.15, -0.1) is 0 Å². The molecule has 0 radical (unpaired) electrons. The lowest BCUT2D eigenvalue weighted by atomic mass is 10.1. The highest BCUT2D eigenvalue weighted by Gasteiger charge is 2.11. The molecule has 0 atom stereocenters. The van der Waals surface area contributed by atoms with Crippen molar-refractivity contribution < 1.29 is 9.90 Å². The van der Waals surface area contributed by atoms with E-state index in [9.17, 15) is 4.79 Å². The molecule has 70 valence electrons. The van der Waals surface area contributed by atoms with Gasteiger partial charge in [0.05, 0.1) is 11.9 Å². The van der Waals surface area contributed by atoms with Crippen LogP contribution in [-0.4, -0.2) is 21.0 Å². The summed E-state index contributed by atoms with van der Waals surface area (Å²) in [5, 5.41) is 8.58. The maximum atomic E-state index is 10.5. The number of carboxylic acids is 1. The smallest absolute Gasteiger partial charge is 0.356 e. The summed E-state index contributed by atoms with van der Waals surface area (Å²) in [6.07, 6.45) is 1.22. The predicted molar refractivity (Wildman–Crippen MR) is 47.5 cm³/mol. The number of rotatable bonds is 2. The Morgan fingerprint density at radius 3 is 2.62 bits per heavy atom. The second kappa shape index (κ2) is 3.38. The molecule has 0 aliphatic heterocycles. The van der Waals surface area contributed by atoms with Crippen LogP contribution in [0.4, 0.5) is 5.82 Å². The fraction of sp³-hybridized carbons (Fsp3) is 0.375. The lowest BCUT2D eigenvalue weighted by Crippen LogP contribution is -2.08. The summed E-state index contributed by atoms with van der Waals surface area (Å²) in [7, 11) is 0. The van der Waals surface area contributed by atoms with E-state index >= 15 is 0 Å². The largest absolute Gasteiger partial charge is 0.476 e. The van der Waals surface area contributed by atoms with Crippen molar-refractivity contribution in [2.75, 3.05) is 5.73 Å². The average Bonchev–Trinajstić information content (AvgIpc) is 2.03. The monoisotopic (exact) mass is 181 g/mol. The topological polar surface area (TPSA) is 89.1 Å². The van der Waals surface area contributed by atoms with Crippen molar-refractivity contribution in [1.82, 2.24) is 9.97 Å². The molecular formula is C8H11N3O2. The van der Waals surface area contributed by atoms with E-state index < -0.39 is 5.97 Å². The third-order valence-electron chi connectivity index (χ3n) is 1.60. The number of aromatic carboxylic acids is 1. The Morgan fingerprint density at radius 1 is 1.62 bits per heavy atom. The van der Waals surface area contributed by atoms with Crippen molar-refractivity contribution in [2.24, 2.45) is 0 Å². The van der Waals surface area contributed by atoms with Gasteiger partial charge in [-0.3, -0.25) is 4.98 Å². The molecule has 13 heavy (non-hydrogen) atoms. The van der Waals surface area contributed by atoms with Crippen molar-refractivity contribution in [1.29, 1.82) is 0 Å². The Bertz CT molecular complexity index is 336. The number of anilines is 1. The standard InChI is InChI=1S/C8H11N3O2/c1-4(2)6-7(9)11-5(3-10-6)8(12)13/h3-4H,1-2H3,(H2,9,11)(H,12,13). The predicted octanol–water partition coefficient (Wildman–Crippen LogP) is 0.880. The number of carboxylic acid groups (broad SMARTS) is 1. The van der Waals surface area contributed by atoms with Gasteiger partial charge in [0.25, 0.3) is 0 Å². The van der Waals surface area contributed by atoms with Crippen molar-refractivity contribution in [3.63, 3.8) is 0 Å². The number of nitrogens with zero attached hydrogens (tertiary/aromatic N) is 2. The van der Waals surface area contributed by atoms with Crippen LogP contribution in [-0.2, 0) is 0 Å². The number of nitrogens with two attached hydrogens (primary N) is 1. The minimum Gasteiger partial charge on any atom is -0.476 e. The molecule has 0 aromatic carbocycles.